The molecule has 0 fully saturated rings. The van der Waals surface area contributed by atoms with E-state index in [1.807, 2.05) is 6.07 Å². The van der Waals surface area contributed by atoms with E-state index >= 15 is 0 Å². The molecule has 0 aliphatic heterocycles. The van der Waals surface area contributed by atoms with Gasteiger partial charge in [0.05, 0.1) is 7.11 Å². The number of fused-ring (bicyclic) bond motifs is 3. The van der Waals surface area contributed by atoms with Crippen LogP contribution in [0.5, 0.6) is 5.75 Å². The number of aryl methyl sites for hydroxylation is 1. The maximum atomic E-state index is 5.78. The predicted molar refractivity (Wildman–Crippen MR) is 65.0 cm³/mol. The van der Waals surface area contributed by atoms with E-state index in [0.717, 1.165) is 18.7 Å². The molecule has 1 atom stereocenters. The minimum Gasteiger partial charge on any atom is -0.497 e. The van der Waals surface area contributed by atoms with Crippen LogP contribution in [0.25, 0.3) is 10.9 Å². The molecule has 1 aromatic carbocycles. The molecule has 0 saturated heterocycles. The highest BCUT2D eigenvalue weighted by Crippen LogP contribution is 2.38. The summed E-state index contributed by atoms with van der Waals surface area (Å²) in [6.07, 6.45) is 2.30. The van der Waals surface area contributed by atoms with Gasteiger partial charge in [-0.05, 0) is 36.6 Å². The van der Waals surface area contributed by atoms with Crippen molar-refractivity contribution in [3.63, 3.8) is 0 Å². The second-order valence-corrected chi connectivity index (χ2v) is 4.40. The topological polar surface area (TPSA) is 51.0 Å². The van der Waals surface area contributed by atoms with E-state index in [1.165, 1.54) is 28.6 Å². The normalized spacial score (nSPS) is 19.0. The molecule has 3 heteroatoms. The summed E-state index contributed by atoms with van der Waals surface area (Å²) in [5.74, 6) is 1.43. The van der Waals surface area contributed by atoms with E-state index in [1.54, 1.807) is 7.11 Å². The zero-order valence-electron chi connectivity index (χ0n) is 9.42. The summed E-state index contributed by atoms with van der Waals surface area (Å²) >= 11 is 0. The number of nitrogens with one attached hydrogen (secondary N) is 1. The molecule has 1 aromatic heterocycles. The molecule has 2 aromatic rings. The highest BCUT2D eigenvalue weighted by molar-refractivity contribution is 5.86. The lowest BCUT2D eigenvalue weighted by Gasteiger charge is -2.04. The molecule has 0 amide bonds. The maximum absolute atomic E-state index is 5.78. The lowest BCUT2D eigenvalue weighted by molar-refractivity contribution is 0.415. The first-order valence-corrected chi connectivity index (χ1v) is 5.72. The molecule has 1 unspecified atom stereocenters. The Balaban J connectivity index is 2.20. The van der Waals surface area contributed by atoms with Gasteiger partial charge < -0.3 is 15.5 Å². The average Bonchev–Trinajstić information content (AvgIpc) is 2.86. The second-order valence-electron chi connectivity index (χ2n) is 4.40. The smallest absolute Gasteiger partial charge is 0.119 e. The van der Waals surface area contributed by atoms with Gasteiger partial charge in [0.25, 0.3) is 0 Å². The molecule has 3 rings (SSSR count). The number of aromatic amines is 1. The number of hydrogen-bond acceptors (Lipinski definition) is 2. The van der Waals surface area contributed by atoms with Gasteiger partial charge in [0.1, 0.15) is 5.75 Å². The van der Waals surface area contributed by atoms with E-state index in [4.69, 9.17) is 10.5 Å². The molecular weight excluding hydrogens is 200 g/mol. The first-order valence-electron chi connectivity index (χ1n) is 5.72. The predicted octanol–water partition coefficient (Wildman–Crippen LogP) is 2.17. The minimum absolute atomic E-state index is 0.508. The number of nitrogens with two attached hydrogens (primary N) is 1. The minimum atomic E-state index is 0.508. The van der Waals surface area contributed by atoms with Gasteiger partial charge in [0.2, 0.25) is 0 Å². The van der Waals surface area contributed by atoms with E-state index in [0.29, 0.717) is 5.92 Å². The lowest BCUT2D eigenvalue weighted by Crippen LogP contribution is -2.09. The van der Waals surface area contributed by atoms with Crippen molar-refractivity contribution in [2.24, 2.45) is 5.73 Å². The van der Waals surface area contributed by atoms with Gasteiger partial charge >= 0.3 is 0 Å². The Morgan fingerprint density at radius 3 is 3.12 bits per heavy atom. The zero-order chi connectivity index (χ0) is 11.1. The monoisotopic (exact) mass is 216 g/mol. The fourth-order valence-corrected chi connectivity index (χ4v) is 2.69. The van der Waals surface area contributed by atoms with Crippen LogP contribution >= 0.6 is 0 Å². The van der Waals surface area contributed by atoms with Crippen molar-refractivity contribution in [2.75, 3.05) is 13.7 Å². The standard InChI is InChI=1S/C13H16N2O/c1-16-9-3-5-12-11(6-9)10-4-2-8(7-14)13(10)15-12/h3,5-6,8,15H,2,4,7,14H2,1H3. The molecule has 16 heavy (non-hydrogen) atoms. The molecule has 3 N–H and O–H groups in total. The van der Waals surface area contributed by atoms with Gasteiger partial charge in [-0.1, -0.05) is 0 Å². The number of aromatic nitrogens is 1. The molecular formula is C13H16N2O. The number of benzene rings is 1. The van der Waals surface area contributed by atoms with Gasteiger partial charge in [0, 0.05) is 29.1 Å². The van der Waals surface area contributed by atoms with E-state index < -0.39 is 0 Å². The molecule has 0 spiro atoms. The largest absolute Gasteiger partial charge is 0.497 e. The van der Waals surface area contributed by atoms with Crippen LogP contribution in [0.2, 0.25) is 0 Å². The Hall–Kier alpha value is -1.48. The van der Waals surface area contributed by atoms with Crippen LogP contribution in [-0.2, 0) is 6.42 Å². The summed E-state index contributed by atoms with van der Waals surface area (Å²) in [5, 5.41) is 1.30. The summed E-state index contributed by atoms with van der Waals surface area (Å²) in [6.45, 7) is 0.733. The van der Waals surface area contributed by atoms with Crippen LogP contribution in [0.1, 0.15) is 23.6 Å². The number of hydrogen-bond donors (Lipinski definition) is 2. The van der Waals surface area contributed by atoms with Gasteiger partial charge in [-0.25, -0.2) is 0 Å². The van der Waals surface area contributed by atoms with Crippen LogP contribution in [0.15, 0.2) is 18.2 Å². The molecule has 3 nitrogen and oxygen atoms in total. The Morgan fingerprint density at radius 2 is 2.38 bits per heavy atom. The van der Waals surface area contributed by atoms with Crippen LogP contribution in [0.3, 0.4) is 0 Å². The van der Waals surface area contributed by atoms with Crippen LogP contribution in [0.4, 0.5) is 0 Å². The third-order valence-corrected chi connectivity index (χ3v) is 3.58. The van der Waals surface area contributed by atoms with Gasteiger partial charge in [0.15, 0.2) is 0 Å². The van der Waals surface area contributed by atoms with Crippen molar-refractivity contribution in [1.29, 1.82) is 0 Å². The number of H-pyrrole nitrogens is 1. The van der Waals surface area contributed by atoms with Crippen molar-refractivity contribution in [2.45, 2.75) is 18.8 Å². The van der Waals surface area contributed by atoms with Gasteiger partial charge in [-0.15, -0.1) is 0 Å². The van der Waals surface area contributed by atoms with E-state index in [-0.39, 0.29) is 0 Å². The Bertz CT molecular complexity index is 530. The summed E-state index contributed by atoms with van der Waals surface area (Å²) < 4.78 is 5.27. The Morgan fingerprint density at radius 1 is 1.50 bits per heavy atom. The quantitative estimate of drug-likeness (QED) is 0.808. The number of rotatable bonds is 2. The molecule has 0 radical (unpaired) electrons. The SMILES string of the molecule is COc1ccc2[nH]c3c(c2c1)CCC3CN. The number of methoxy groups -OCH3 is 1. The average molecular weight is 216 g/mol. The third kappa shape index (κ3) is 1.25. The van der Waals surface area contributed by atoms with E-state index in [2.05, 4.69) is 17.1 Å². The van der Waals surface area contributed by atoms with Crippen LogP contribution in [-0.4, -0.2) is 18.6 Å². The highest BCUT2D eigenvalue weighted by atomic mass is 16.5. The fourth-order valence-electron chi connectivity index (χ4n) is 2.69. The fraction of sp³-hybridized carbons (Fsp3) is 0.385. The van der Waals surface area contributed by atoms with Crippen molar-refractivity contribution in [1.82, 2.24) is 4.98 Å². The first-order chi connectivity index (χ1) is 7.83. The molecule has 84 valence electrons. The molecule has 0 saturated carbocycles. The summed E-state index contributed by atoms with van der Waals surface area (Å²) in [5.41, 5.74) is 9.75. The molecule has 1 aliphatic rings. The van der Waals surface area contributed by atoms with Crippen molar-refractivity contribution < 1.29 is 4.74 Å². The summed E-state index contributed by atoms with van der Waals surface area (Å²) in [6, 6.07) is 6.19. The summed E-state index contributed by atoms with van der Waals surface area (Å²) in [7, 11) is 1.71. The van der Waals surface area contributed by atoms with Gasteiger partial charge in [-0.2, -0.15) is 0 Å². The highest BCUT2D eigenvalue weighted by Gasteiger charge is 2.25. The van der Waals surface area contributed by atoms with Crippen molar-refractivity contribution in [3.8, 4) is 5.75 Å². The first kappa shape index (κ1) is 9.73. The zero-order valence-corrected chi connectivity index (χ0v) is 9.42. The lowest BCUT2D eigenvalue weighted by atomic mass is 10.1. The van der Waals surface area contributed by atoms with Crippen LogP contribution < -0.4 is 10.5 Å². The van der Waals surface area contributed by atoms with Crippen molar-refractivity contribution >= 4 is 10.9 Å². The van der Waals surface area contributed by atoms with Gasteiger partial charge in [-0.3, -0.25) is 0 Å². The maximum Gasteiger partial charge on any atom is 0.119 e. The molecule has 0 bridgehead atoms. The number of ether oxygens (including phenoxy) is 1. The third-order valence-electron chi connectivity index (χ3n) is 3.58. The Kier molecular flexibility index (Phi) is 2.14. The second kappa shape index (κ2) is 3.52. The summed E-state index contributed by atoms with van der Waals surface area (Å²) in [4.78, 5) is 3.49. The molecule has 1 aliphatic carbocycles. The van der Waals surface area contributed by atoms with E-state index in [9.17, 15) is 0 Å². The van der Waals surface area contributed by atoms with Crippen LogP contribution in [0, 0.1) is 0 Å². The van der Waals surface area contributed by atoms with Crippen molar-refractivity contribution in [3.05, 3.63) is 29.5 Å². The molecule has 1 heterocycles. The Labute approximate surface area is 94.6 Å².